The minimum atomic E-state index is -1.03. The average molecular weight is 497 g/mol. The smallest absolute Gasteiger partial charge is 0.335 e. The van der Waals surface area contributed by atoms with Gasteiger partial charge in [0.25, 0.3) is 0 Å². The molecule has 0 bridgehead atoms. The number of rotatable bonds is 7. The number of hydrogen-bond acceptors (Lipinski definition) is 2. The first kappa shape index (κ1) is 26.4. The molecular formula is C33H36O4. The number of carbonyl (C=O) groups is 2. The van der Waals surface area contributed by atoms with Gasteiger partial charge in [0, 0.05) is 6.08 Å². The molecule has 0 fully saturated rings. The van der Waals surface area contributed by atoms with Crippen LogP contribution in [0.5, 0.6) is 0 Å². The van der Waals surface area contributed by atoms with Crippen LogP contribution in [-0.4, -0.2) is 22.2 Å². The van der Waals surface area contributed by atoms with Gasteiger partial charge in [-0.2, -0.15) is 0 Å². The number of aliphatic carboxylic acids is 1. The van der Waals surface area contributed by atoms with Crippen LogP contribution in [0.15, 0.2) is 72.3 Å². The minimum absolute atomic E-state index is 0.158. The van der Waals surface area contributed by atoms with E-state index >= 15 is 0 Å². The zero-order chi connectivity index (χ0) is 27.0. The number of benzene rings is 3. The molecule has 0 amide bonds. The molecule has 192 valence electrons. The quantitative estimate of drug-likeness (QED) is 0.257. The number of hydrogen-bond donors (Lipinski definition) is 2. The van der Waals surface area contributed by atoms with E-state index in [-0.39, 0.29) is 16.4 Å². The van der Waals surface area contributed by atoms with Crippen LogP contribution >= 0.6 is 0 Å². The maximum Gasteiger partial charge on any atom is 0.335 e. The van der Waals surface area contributed by atoms with Crippen LogP contribution in [-0.2, 0) is 22.0 Å². The Hall–Kier alpha value is -3.66. The van der Waals surface area contributed by atoms with Crippen molar-refractivity contribution in [3.05, 3.63) is 100 Å². The van der Waals surface area contributed by atoms with Crippen molar-refractivity contribution in [3.63, 3.8) is 0 Å². The number of carboxylic acid groups (broad SMARTS) is 2. The molecule has 0 aromatic heterocycles. The first-order valence-corrected chi connectivity index (χ1v) is 12.9. The lowest BCUT2D eigenvalue weighted by atomic mass is 9.63. The van der Waals surface area contributed by atoms with Crippen LogP contribution in [0.4, 0.5) is 0 Å². The van der Waals surface area contributed by atoms with Crippen molar-refractivity contribution in [2.45, 2.75) is 71.1 Å². The van der Waals surface area contributed by atoms with Gasteiger partial charge in [0.2, 0.25) is 0 Å². The van der Waals surface area contributed by atoms with Crippen molar-refractivity contribution in [1.29, 1.82) is 0 Å². The van der Waals surface area contributed by atoms with Gasteiger partial charge in [-0.15, -0.1) is 0 Å². The highest BCUT2D eigenvalue weighted by Crippen LogP contribution is 2.47. The van der Waals surface area contributed by atoms with E-state index < -0.39 is 11.9 Å². The fourth-order valence-electron chi connectivity index (χ4n) is 5.49. The number of aryl methyl sites for hydroxylation is 1. The van der Waals surface area contributed by atoms with Crippen LogP contribution in [0.3, 0.4) is 0 Å². The summed E-state index contributed by atoms with van der Waals surface area (Å²) in [5.74, 6) is -2.03. The van der Waals surface area contributed by atoms with Crippen molar-refractivity contribution in [2.75, 3.05) is 0 Å². The Balaban J connectivity index is 1.65. The molecule has 37 heavy (non-hydrogen) atoms. The number of fused-ring (bicyclic) bond motifs is 2. The Bertz CT molecular complexity index is 1440. The van der Waals surface area contributed by atoms with Crippen molar-refractivity contribution in [3.8, 4) is 0 Å². The zero-order valence-corrected chi connectivity index (χ0v) is 22.4. The Kier molecular flexibility index (Phi) is 7.14. The minimum Gasteiger partial charge on any atom is -0.478 e. The normalized spacial score (nSPS) is 16.9. The molecular weight excluding hydrogens is 460 g/mol. The second-order valence-electron chi connectivity index (χ2n) is 11.6. The molecule has 0 spiro atoms. The van der Waals surface area contributed by atoms with E-state index in [0.29, 0.717) is 17.6 Å². The Morgan fingerprint density at radius 2 is 1.46 bits per heavy atom. The van der Waals surface area contributed by atoms with Crippen molar-refractivity contribution in [1.82, 2.24) is 0 Å². The molecule has 1 aliphatic rings. The van der Waals surface area contributed by atoms with E-state index in [1.165, 1.54) is 52.4 Å². The maximum absolute atomic E-state index is 11.5. The van der Waals surface area contributed by atoms with Gasteiger partial charge in [0.1, 0.15) is 0 Å². The lowest BCUT2D eigenvalue weighted by molar-refractivity contribution is -0.131. The van der Waals surface area contributed by atoms with E-state index in [9.17, 15) is 19.8 Å². The van der Waals surface area contributed by atoms with E-state index in [2.05, 4.69) is 58.0 Å². The van der Waals surface area contributed by atoms with Crippen LogP contribution in [0.2, 0.25) is 0 Å². The maximum atomic E-state index is 11.5. The molecule has 0 heterocycles. The van der Waals surface area contributed by atoms with E-state index in [0.717, 1.165) is 12.0 Å². The summed E-state index contributed by atoms with van der Waals surface area (Å²) in [5, 5.41) is 21.2. The monoisotopic (exact) mass is 496 g/mol. The summed E-state index contributed by atoms with van der Waals surface area (Å²) >= 11 is 0. The predicted molar refractivity (Wildman–Crippen MR) is 150 cm³/mol. The van der Waals surface area contributed by atoms with Gasteiger partial charge in [-0.05, 0) is 99.7 Å². The third-order valence-electron chi connectivity index (χ3n) is 7.84. The van der Waals surface area contributed by atoms with E-state index in [4.69, 9.17) is 0 Å². The van der Waals surface area contributed by atoms with Crippen molar-refractivity contribution < 1.29 is 19.8 Å². The highest BCUT2D eigenvalue weighted by atomic mass is 16.4. The lowest BCUT2D eigenvalue weighted by Crippen LogP contribution is -2.33. The van der Waals surface area contributed by atoms with Gasteiger partial charge < -0.3 is 10.2 Å². The van der Waals surface area contributed by atoms with Gasteiger partial charge in [0.15, 0.2) is 0 Å². The summed E-state index contributed by atoms with van der Waals surface area (Å²) in [6, 6.07) is 18.1. The van der Waals surface area contributed by atoms with E-state index in [1.54, 1.807) is 19.1 Å². The predicted octanol–water partition coefficient (Wildman–Crippen LogP) is 7.93. The third kappa shape index (κ3) is 5.69. The molecule has 4 nitrogen and oxygen atoms in total. The highest BCUT2D eigenvalue weighted by Gasteiger charge is 2.37. The number of aromatic carboxylic acids is 1. The van der Waals surface area contributed by atoms with Crippen molar-refractivity contribution >= 4 is 28.3 Å². The molecule has 1 aliphatic carbocycles. The topological polar surface area (TPSA) is 74.6 Å². The van der Waals surface area contributed by atoms with Gasteiger partial charge in [-0.1, -0.05) is 76.2 Å². The second-order valence-corrected chi connectivity index (χ2v) is 11.6. The summed E-state index contributed by atoms with van der Waals surface area (Å²) in [5.41, 5.74) is 6.66. The Morgan fingerprint density at radius 3 is 2.08 bits per heavy atom. The Labute approximate surface area is 219 Å². The van der Waals surface area contributed by atoms with Crippen molar-refractivity contribution in [2.24, 2.45) is 0 Å². The fourth-order valence-corrected chi connectivity index (χ4v) is 5.49. The summed E-state index contributed by atoms with van der Waals surface area (Å²) in [4.78, 5) is 22.8. The second kappa shape index (κ2) is 10.0. The average Bonchev–Trinajstić information content (AvgIpc) is 2.83. The Morgan fingerprint density at radius 1 is 0.838 bits per heavy atom. The zero-order valence-electron chi connectivity index (χ0n) is 22.4. The van der Waals surface area contributed by atoms with Gasteiger partial charge in [-0.3, -0.25) is 0 Å². The summed E-state index contributed by atoms with van der Waals surface area (Å²) < 4.78 is 0. The summed E-state index contributed by atoms with van der Waals surface area (Å²) in [6.07, 6.45) is 7.05. The van der Waals surface area contributed by atoms with Crippen LogP contribution in [0.1, 0.15) is 86.5 Å². The lowest BCUT2D eigenvalue weighted by Gasteiger charge is -2.42. The van der Waals surface area contributed by atoms with Crippen LogP contribution in [0.25, 0.3) is 16.3 Å². The first-order valence-electron chi connectivity index (χ1n) is 12.9. The highest BCUT2D eigenvalue weighted by molar-refractivity contribution is 5.92. The molecule has 3 aromatic carbocycles. The largest absolute Gasteiger partial charge is 0.478 e. The van der Waals surface area contributed by atoms with Gasteiger partial charge >= 0.3 is 11.9 Å². The molecule has 0 saturated heterocycles. The summed E-state index contributed by atoms with van der Waals surface area (Å²) in [6.45, 7) is 11.1. The SMILES string of the molecule is CC(=C\C(=O)O)/C(=C/CCc1ccc2cc3c(cc2c1)C(C)(C)CCC3(C)C)c1cccc(C(=O)O)c1. The molecule has 4 rings (SSSR count). The summed E-state index contributed by atoms with van der Waals surface area (Å²) in [7, 11) is 0. The third-order valence-corrected chi connectivity index (χ3v) is 7.84. The molecule has 0 radical (unpaired) electrons. The number of carboxylic acids is 2. The first-order chi connectivity index (χ1) is 17.4. The number of allylic oxidation sites excluding steroid dienone is 3. The fraction of sp³-hybridized carbons (Fsp3) is 0.333. The molecule has 2 N–H and O–H groups in total. The molecule has 0 saturated carbocycles. The molecule has 0 unspecified atom stereocenters. The molecule has 0 aliphatic heterocycles. The van der Waals surface area contributed by atoms with E-state index in [1.807, 2.05) is 12.1 Å². The van der Waals surface area contributed by atoms with Crippen LogP contribution in [0, 0.1) is 0 Å². The standard InChI is InChI=1S/C33H36O4/c1-21(16-30(34)35)27(24-9-7-10-25(18-24)31(36)37)11-6-8-22-12-13-23-19-28-29(20-26(23)17-22)33(4,5)15-14-32(28,2)3/h7,9-13,16-20H,6,8,14-15H2,1-5H3,(H,34,35)(H,36,37)/b21-16+,27-11-. The molecule has 0 atom stereocenters. The molecule has 4 heteroatoms. The van der Waals surface area contributed by atoms with Crippen LogP contribution < -0.4 is 0 Å². The van der Waals surface area contributed by atoms with Gasteiger partial charge in [-0.25, -0.2) is 9.59 Å². The molecule has 3 aromatic rings. The van der Waals surface area contributed by atoms with Gasteiger partial charge in [0.05, 0.1) is 5.56 Å².